The highest BCUT2D eigenvalue weighted by molar-refractivity contribution is 9.10. The minimum Gasteiger partial charge on any atom is -0.305 e. The van der Waals surface area contributed by atoms with Gasteiger partial charge in [0.2, 0.25) is 0 Å². The van der Waals surface area contributed by atoms with E-state index >= 15 is 0 Å². The zero-order valence-corrected chi connectivity index (χ0v) is 14.9. The van der Waals surface area contributed by atoms with Crippen LogP contribution in [0.1, 0.15) is 43.5 Å². The molecule has 0 aromatic heterocycles. The standard InChI is InChI=1S/C19H24BrN/c1-14-12-15(10-11-17(14)20)13-21-18(19(2,3)4)16-8-6-5-7-9-16/h5-12,18,21H,13H2,1-4H3. The molecule has 2 rings (SSSR count). The van der Waals surface area contributed by atoms with Gasteiger partial charge >= 0.3 is 0 Å². The molecule has 0 radical (unpaired) electrons. The molecule has 0 fully saturated rings. The lowest BCUT2D eigenvalue weighted by atomic mass is 9.82. The summed E-state index contributed by atoms with van der Waals surface area (Å²) in [7, 11) is 0. The second kappa shape index (κ2) is 6.76. The number of hydrogen-bond donors (Lipinski definition) is 1. The van der Waals surface area contributed by atoms with Crippen molar-refractivity contribution in [1.29, 1.82) is 0 Å². The van der Waals surface area contributed by atoms with Gasteiger partial charge in [-0.3, -0.25) is 0 Å². The first-order valence-electron chi connectivity index (χ1n) is 7.41. The minimum absolute atomic E-state index is 0.172. The zero-order valence-electron chi connectivity index (χ0n) is 13.3. The molecule has 1 atom stereocenters. The number of rotatable bonds is 4. The number of halogens is 1. The topological polar surface area (TPSA) is 12.0 Å². The molecule has 0 heterocycles. The van der Waals surface area contributed by atoms with Gasteiger partial charge in [0.1, 0.15) is 0 Å². The normalized spacial score (nSPS) is 13.2. The zero-order chi connectivity index (χ0) is 15.5. The lowest BCUT2D eigenvalue weighted by molar-refractivity contribution is 0.271. The van der Waals surface area contributed by atoms with E-state index in [2.05, 4.69) is 97.5 Å². The molecule has 112 valence electrons. The maximum atomic E-state index is 3.72. The second-order valence-corrected chi connectivity index (χ2v) is 7.53. The molecule has 0 amide bonds. The third-order valence-corrected chi connectivity index (χ3v) is 4.62. The summed E-state index contributed by atoms with van der Waals surface area (Å²) in [6.07, 6.45) is 0. The molecule has 0 aliphatic rings. The fraction of sp³-hybridized carbons (Fsp3) is 0.368. The van der Waals surface area contributed by atoms with Crippen molar-refractivity contribution in [1.82, 2.24) is 5.32 Å². The van der Waals surface area contributed by atoms with Crippen molar-refractivity contribution in [3.05, 3.63) is 69.7 Å². The molecular formula is C19H24BrN. The van der Waals surface area contributed by atoms with Gasteiger partial charge in [-0.05, 0) is 35.1 Å². The summed E-state index contributed by atoms with van der Waals surface area (Å²) in [6, 6.07) is 17.6. The highest BCUT2D eigenvalue weighted by Crippen LogP contribution is 2.33. The monoisotopic (exact) mass is 345 g/mol. The van der Waals surface area contributed by atoms with Crippen LogP contribution in [0.2, 0.25) is 0 Å². The Kier molecular flexibility index (Phi) is 5.23. The molecule has 21 heavy (non-hydrogen) atoms. The van der Waals surface area contributed by atoms with Crippen molar-refractivity contribution in [2.24, 2.45) is 5.41 Å². The Morgan fingerprint density at radius 3 is 2.29 bits per heavy atom. The van der Waals surface area contributed by atoms with Crippen LogP contribution >= 0.6 is 15.9 Å². The third-order valence-electron chi connectivity index (χ3n) is 3.73. The predicted octanol–water partition coefficient (Wildman–Crippen LogP) is 5.63. The van der Waals surface area contributed by atoms with E-state index in [0.29, 0.717) is 6.04 Å². The van der Waals surface area contributed by atoms with E-state index in [1.165, 1.54) is 21.2 Å². The molecule has 1 unspecified atom stereocenters. The first-order chi connectivity index (χ1) is 9.88. The Morgan fingerprint density at radius 1 is 1.05 bits per heavy atom. The largest absolute Gasteiger partial charge is 0.305 e. The van der Waals surface area contributed by atoms with Gasteiger partial charge in [-0.25, -0.2) is 0 Å². The second-order valence-electron chi connectivity index (χ2n) is 6.67. The Balaban J connectivity index is 2.15. The smallest absolute Gasteiger partial charge is 0.0372 e. The van der Waals surface area contributed by atoms with E-state index < -0.39 is 0 Å². The van der Waals surface area contributed by atoms with Gasteiger partial charge in [0.05, 0.1) is 0 Å². The molecule has 0 spiro atoms. The van der Waals surface area contributed by atoms with E-state index in [4.69, 9.17) is 0 Å². The fourth-order valence-corrected chi connectivity index (χ4v) is 2.85. The van der Waals surface area contributed by atoms with Gasteiger partial charge in [0.25, 0.3) is 0 Å². The molecule has 0 saturated heterocycles. The summed E-state index contributed by atoms with van der Waals surface area (Å²) >= 11 is 3.56. The molecule has 2 heteroatoms. The maximum absolute atomic E-state index is 3.72. The van der Waals surface area contributed by atoms with Crippen LogP contribution in [-0.4, -0.2) is 0 Å². The van der Waals surface area contributed by atoms with Crippen molar-refractivity contribution in [2.75, 3.05) is 0 Å². The van der Waals surface area contributed by atoms with Crippen LogP contribution < -0.4 is 5.32 Å². The molecule has 2 aromatic carbocycles. The molecule has 0 bridgehead atoms. The molecule has 2 aromatic rings. The molecule has 0 saturated carbocycles. The highest BCUT2D eigenvalue weighted by Gasteiger charge is 2.25. The first-order valence-corrected chi connectivity index (χ1v) is 8.20. The molecular weight excluding hydrogens is 322 g/mol. The average Bonchev–Trinajstić information content (AvgIpc) is 2.43. The average molecular weight is 346 g/mol. The van der Waals surface area contributed by atoms with Crippen LogP contribution in [-0.2, 0) is 6.54 Å². The third kappa shape index (κ3) is 4.42. The number of aryl methyl sites for hydroxylation is 1. The highest BCUT2D eigenvalue weighted by atomic mass is 79.9. The van der Waals surface area contributed by atoms with Crippen molar-refractivity contribution in [2.45, 2.75) is 40.3 Å². The van der Waals surface area contributed by atoms with Crippen molar-refractivity contribution in [3.63, 3.8) is 0 Å². The van der Waals surface area contributed by atoms with E-state index in [1.54, 1.807) is 0 Å². The Bertz CT molecular complexity index is 584. The number of nitrogens with one attached hydrogen (secondary N) is 1. The van der Waals surface area contributed by atoms with E-state index in [-0.39, 0.29) is 5.41 Å². The molecule has 1 N–H and O–H groups in total. The van der Waals surface area contributed by atoms with Gasteiger partial charge in [-0.2, -0.15) is 0 Å². The summed E-state index contributed by atoms with van der Waals surface area (Å²) in [4.78, 5) is 0. The van der Waals surface area contributed by atoms with Gasteiger partial charge < -0.3 is 5.32 Å². The summed E-state index contributed by atoms with van der Waals surface area (Å²) in [5, 5.41) is 3.72. The number of benzene rings is 2. The van der Waals surface area contributed by atoms with E-state index in [0.717, 1.165) is 6.54 Å². The van der Waals surface area contributed by atoms with Gasteiger partial charge in [-0.1, -0.05) is 79.2 Å². The van der Waals surface area contributed by atoms with Crippen molar-refractivity contribution >= 4 is 15.9 Å². The van der Waals surface area contributed by atoms with Crippen molar-refractivity contribution in [3.8, 4) is 0 Å². The van der Waals surface area contributed by atoms with Crippen LogP contribution in [0.4, 0.5) is 0 Å². The quantitative estimate of drug-likeness (QED) is 0.756. The van der Waals surface area contributed by atoms with Crippen LogP contribution in [0.5, 0.6) is 0 Å². The van der Waals surface area contributed by atoms with Gasteiger partial charge in [0, 0.05) is 17.1 Å². The fourth-order valence-electron chi connectivity index (χ4n) is 2.61. The van der Waals surface area contributed by atoms with Crippen molar-refractivity contribution < 1.29 is 0 Å². The molecule has 0 aliphatic carbocycles. The lowest BCUT2D eigenvalue weighted by Gasteiger charge is -2.32. The SMILES string of the molecule is Cc1cc(CNC(c2ccccc2)C(C)(C)C)ccc1Br. The number of hydrogen-bond acceptors (Lipinski definition) is 1. The van der Waals surface area contributed by atoms with Gasteiger partial charge in [0.15, 0.2) is 0 Å². The lowest BCUT2D eigenvalue weighted by Crippen LogP contribution is -2.32. The van der Waals surface area contributed by atoms with Crippen LogP contribution in [0.3, 0.4) is 0 Å². The molecule has 0 aliphatic heterocycles. The van der Waals surface area contributed by atoms with E-state index in [9.17, 15) is 0 Å². The summed E-state index contributed by atoms with van der Waals surface area (Å²) in [5.41, 5.74) is 4.12. The predicted molar refractivity (Wildman–Crippen MR) is 94.4 cm³/mol. The van der Waals surface area contributed by atoms with Crippen LogP contribution in [0.25, 0.3) is 0 Å². The van der Waals surface area contributed by atoms with Crippen LogP contribution in [0, 0.1) is 12.3 Å². The summed E-state index contributed by atoms with van der Waals surface area (Å²) < 4.78 is 1.17. The minimum atomic E-state index is 0.172. The first kappa shape index (κ1) is 16.3. The van der Waals surface area contributed by atoms with Gasteiger partial charge in [-0.15, -0.1) is 0 Å². The Hall–Kier alpha value is -1.12. The molecule has 1 nitrogen and oxygen atoms in total. The maximum Gasteiger partial charge on any atom is 0.0372 e. The summed E-state index contributed by atoms with van der Waals surface area (Å²) in [5.74, 6) is 0. The van der Waals surface area contributed by atoms with Crippen LogP contribution in [0.15, 0.2) is 53.0 Å². The Labute approximate surface area is 136 Å². The summed E-state index contributed by atoms with van der Waals surface area (Å²) in [6.45, 7) is 9.86. The Morgan fingerprint density at radius 2 is 1.71 bits per heavy atom. The van der Waals surface area contributed by atoms with E-state index in [1.807, 2.05) is 0 Å².